The van der Waals surface area contributed by atoms with E-state index in [0.717, 1.165) is 37.1 Å². The van der Waals surface area contributed by atoms with Crippen LogP contribution in [-0.2, 0) is 12.0 Å². The molecule has 138 valence electrons. The van der Waals surface area contributed by atoms with Crippen LogP contribution in [0.2, 0.25) is 0 Å². The van der Waals surface area contributed by atoms with Crippen molar-refractivity contribution < 1.29 is 9.18 Å². The fourth-order valence-electron chi connectivity index (χ4n) is 3.86. The molecule has 1 saturated carbocycles. The van der Waals surface area contributed by atoms with Crippen molar-refractivity contribution in [2.75, 3.05) is 0 Å². The highest BCUT2D eigenvalue weighted by Gasteiger charge is 2.39. The summed E-state index contributed by atoms with van der Waals surface area (Å²) < 4.78 is 14.4. The van der Waals surface area contributed by atoms with Crippen molar-refractivity contribution in [1.29, 1.82) is 0 Å². The first-order chi connectivity index (χ1) is 13.2. The summed E-state index contributed by atoms with van der Waals surface area (Å²) in [5.74, 6) is 0.338. The number of rotatable bonds is 5. The summed E-state index contributed by atoms with van der Waals surface area (Å²) in [6.45, 7) is 0. The molecule has 0 atom stereocenters. The van der Waals surface area contributed by atoms with Crippen molar-refractivity contribution in [3.8, 4) is 0 Å². The predicted molar refractivity (Wildman–Crippen MR) is 99.6 cm³/mol. The highest BCUT2D eigenvalue weighted by molar-refractivity contribution is 5.94. The molecule has 5 nitrogen and oxygen atoms in total. The number of hydrogen-bond donors (Lipinski definition) is 2. The summed E-state index contributed by atoms with van der Waals surface area (Å²) >= 11 is 0. The predicted octanol–water partition coefficient (Wildman–Crippen LogP) is 3.73. The molecule has 1 aliphatic carbocycles. The van der Waals surface area contributed by atoms with E-state index in [-0.39, 0.29) is 11.7 Å². The van der Waals surface area contributed by atoms with Gasteiger partial charge in [0.05, 0.1) is 5.54 Å². The maximum atomic E-state index is 14.4. The molecule has 0 bridgehead atoms. The van der Waals surface area contributed by atoms with Crippen molar-refractivity contribution in [2.24, 2.45) is 0 Å². The monoisotopic (exact) mass is 364 g/mol. The second-order valence-corrected chi connectivity index (χ2v) is 7.03. The van der Waals surface area contributed by atoms with Crippen molar-refractivity contribution >= 4 is 5.91 Å². The number of carbonyl (C=O) groups is 1. The molecule has 2 N–H and O–H groups in total. The third-order valence-corrected chi connectivity index (χ3v) is 5.25. The summed E-state index contributed by atoms with van der Waals surface area (Å²) in [6, 6.07) is 14.1. The number of H-pyrrole nitrogens is 1. The Kier molecular flexibility index (Phi) is 4.71. The standard InChI is InChI=1S/C21H21FN4O/c22-18-6-2-1-5-17(18)21(11-3-4-12-21)25-20(27)16-9-7-15(8-10-16)13-19-23-14-24-26-19/h1-2,5-10,14H,3-4,11-13H2,(H,25,27)(H,23,24,26). The minimum atomic E-state index is -0.624. The van der Waals surface area contributed by atoms with Crippen molar-refractivity contribution in [2.45, 2.75) is 37.6 Å². The summed E-state index contributed by atoms with van der Waals surface area (Å²) in [7, 11) is 0. The van der Waals surface area contributed by atoms with E-state index in [1.807, 2.05) is 18.2 Å². The van der Waals surface area contributed by atoms with E-state index in [4.69, 9.17) is 0 Å². The third-order valence-electron chi connectivity index (χ3n) is 5.25. The highest BCUT2D eigenvalue weighted by atomic mass is 19.1. The molecule has 4 rings (SSSR count). The van der Waals surface area contributed by atoms with Crippen molar-refractivity contribution in [3.05, 3.63) is 83.2 Å². The number of carbonyl (C=O) groups excluding carboxylic acids is 1. The number of aromatic nitrogens is 3. The van der Waals surface area contributed by atoms with Gasteiger partial charge in [-0.15, -0.1) is 0 Å². The normalized spacial score (nSPS) is 15.6. The zero-order valence-corrected chi connectivity index (χ0v) is 14.9. The number of nitrogens with one attached hydrogen (secondary N) is 2. The van der Waals surface area contributed by atoms with Gasteiger partial charge in [0.25, 0.3) is 5.91 Å². The number of halogens is 1. The molecule has 0 saturated heterocycles. The Hall–Kier alpha value is -3.02. The summed E-state index contributed by atoms with van der Waals surface area (Å²) in [4.78, 5) is 17.0. The molecule has 1 aliphatic rings. The van der Waals surface area contributed by atoms with Gasteiger partial charge < -0.3 is 5.32 Å². The van der Waals surface area contributed by atoms with Crippen LogP contribution >= 0.6 is 0 Å². The Labute approximate surface area is 157 Å². The molecule has 0 radical (unpaired) electrons. The zero-order chi connectivity index (χ0) is 18.7. The van der Waals surface area contributed by atoms with E-state index in [9.17, 15) is 9.18 Å². The SMILES string of the molecule is O=C(NC1(c2ccccc2F)CCCC1)c1ccc(Cc2ncn[nH]2)cc1. The first-order valence-corrected chi connectivity index (χ1v) is 9.17. The summed E-state index contributed by atoms with van der Waals surface area (Å²) in [5, 5.41) is 9.78. The molecule has 1 amide bonds. The Morgan fingerprint density at radius 2 is 1.85 bits per heavy atom. The lowest BCUT2D eigenvalue weighted by Crippen LogP contribution is -2.44. The van der Waals surface area contributed by atoms with Crippen molar-refractivity contribution in [1.82, 2.24) is 20.5 Å². The van der Waals surface area contributed by atoms with E-state index in [1.165, 1.54) is 12.4 Å². The lowest BCUT2D eigenvalue weighted by atomic mass is 9.87. The van der Waals surface area contributed by atoms with Gasteiger partial charge in [0.2, 0.25) is 0 Å². The van der Waals surface area contributed by atoms with E-state index in [1.54, 1.807) is 24.3 Å². The largest absolute Gasteiger partial charge is 0.342 e. The van der Waals surface area contributed by atoms with Gasteiger partial charge in [-0.05, 0) is 36.6 Å². The van der Waals surface area contributed by atoms with E-state index in [2.05, 4.69) is 20.5 Å². The Morgan fingerprint density at radius 1 is 1.11 bits per heavy atom. The fraction of sp³-hybridized carbons (Fsp3) is 0.286. The average Bonchev–Trinajstić information content (AvgIpc) is 3.35. The molecule has 0 unspecified atom stereocenters. The Morgan fingerprint density at radius 3 is 2.52 bits per heavy atom. The quantitative estimate of drug-likeness (QED) is 0.725. The van der Waals surface area contributed by atoms with Crippen LogP contribution in [0.15, 0.2) is 54.9 Å². The van der Waals surface area contributed by atoms with Crippen LogP contribution in [0, 0.1) is 5.82 Å². The first kappa shape index (κ1) is 17.4. The molecule has 27 heavy (non-hydrogen) atoms. The molecular weight excluding hydrogens is 343 g/mol. The minimum Gasteiger partial charge on any atom is -0.342 e. The van der Waals surface area contributed by atoms with Gasteiger partial charge in [0, 0.05) is 17.5 Å². The van der Waals surface area contributed by atoms with Crippen molar-refractivity contribution in [3.63, 3.8) is 0 Å². The molecule has 0 spiro atoms. The van der Waals surface area contributed by atoms with Crippen LogP contribution in [0.1, 0.15) is 53.0 Å². The number of nitrogens with zero attached hydrogens (tertiary/aromatic N) is 2. The van der Waals surface area contributed by atoms with Crippen LogP contribution in [-0.4, -0.2) is 21.1 Å². The van der Waals surface area contributed by atoms with Gasteiger partial charge in [-0.25, -0.2) is 9.37 Å². The third kappa shape index (κ3) is 3.60. The number of benzene rings is 2. The van der Waals surface area contributed by atoms with Gasteiger partial charge in [-0.2, -0.15) is 5.10 Å². The topological polar surface area (TPSA) is 70.7 Å². The minimum absolute atomic E-state index is 0.175. The molecule has 1 fully saturated rings. The van der Waals surface area contributed by atoms with Gasteiger partial charge in [0.1, 0.15) is 18.0 Å². The van der Waals surface area contributed by atoms with Crippen LogP contribution < -0.4 is 5.32 Å². The van der Waals surface area contributed by atoms with Crippen LogP contribution in [0.5, 0.6) is 0 Å². The molecular formula is C21H21FN4O. The lowest BCUT2D eigenvalue weighted by molar-refractivity contribution is 0.0896. The van der Waals surface area contributed by atoms with E-state index < -0.39 is 5.54 Å². The van der Waals surface area contributed by atoms with Gasteiger partial charge in [0.15, 0.2) is 0 Å². The number of amides is 1. The molecule has 1 aromatic heterocycles. The van der Waals surface area contributed by atoms with Gasteiger partial charge in [-0.3, -0.25) is 9.89 Å². The van der Waals surface area contributed by atoms with E-state index in [0.29, 0.717) is 17.5 Å². The van der Waals surface area contributed by atoms with E-state index >= 15 is 0 Å². The Bertz CT molecular complexity index is 916. The second-order valence-electron chi connectivity index (χ2n) is 7.03. The van der Waals surface area contributed by atoms with Gasteiger partial charge >= 0.3 is 0 Å². The van der Waals surface area contributed by atoms with Crippen LogP contribution in [0.4, 0.5) is 4.39 Å². The number of aromatic amines is 1. The van der Waals surface area contributed by atoms with Crippen LogP contribution in [0.25, 0.3) is 0 Å². The second kappa shape index (κ2) is 7.31. The molecule has 2 aromatic carbocycles. The smallest absolute Gasteiger partial charge is 0.251 e. The lowest BCUT2D eigenvalue weighted by Gasteiger charge is -2.31. The maximum absolute atomic E-state index is 14.4. The summed E-state index contributed by atoms with van der Waals surface area (Å²) in [5.41, 5.74) is 1.56. The Balaban J connectivity index is 1.52. The first-order valence-electron chi connectivity index (χ1n) is 9.17. The summed E-state index contributed by atoms with van der Waals surface area (Å²) in [6.07, 6.45) is 5.56. The fourth-order valence-corrected chi connectivity index (χ4v) is 3.86. The number of hydrogen-bond acceptors (Lipinski definition) is 3. The molecule has 6 heteroatoms. The molecule has 3 aromatic rings. The highest BCUT2D eigenvalue weighted by Crippen LogP contribution is 2.40. The molecule has 1 heterocycles. The van der Waals surface area contributed by atoms with Gasteiger partial charge in [-0.1, -0.05) is 43.2 Å². The molecule has 0 aliphatic heterocycles. The zero-order valence-electron chi connectivity index (χ0n) is 14.9. The average molecular weight is 364 g/mol. The maximum Gasteiger partial charge on any atom is 0.251 e. The van der Waals surface area contributed by atoms with Crippen LogP contribution in [0.3, 0.4) is 0 Å².